The zero-order valence-corrected chi connectivity index (χ0v) is 15.1. The molecular formula is C21H21N3O3. The number of nitro benzene ring substituents is 1. The molecule has 1 N–H and O–H groups in total. The standard InChI is InChI=1S/C21H21N3O3/c1-16-15-18-5-2-3-6-20(18)23(16)14-4-13-22-21(25)12-9-17-7-10-19(11-8-17)24(26)27/h2-3,5-12,15H,4,13-14H2,1H3,(H,22,25)/b12-9+. The second-order valence-corrected chi connectivity index (χ2v) is 6.32. The van der Waals surface area contributed by atoms with Crippen molar-refractivity contribution < 1.29 is 9.72 Å². The summed E-state index contributed by atoms with van der Waals surface area (Å²) in [6.07, 6.45) is 3.91. The molecule has 0 saturated carbocycles. The van der Waals surface area contributed by atoms with E-state index in [1.54, 1.807) is 18.2 Å². The first-order valence-electron chi connectivity index (χ1n) is 8.80. The van der Waals surface area contributed by atoms with Gasteiger partial charge in [-0.25, -0.2) is 0 Å². The van der Waals surface area contributed by atoms with E-state index in [9.17, 15) is 14.9 Å². The molecule has 1 amide bonds. The Morgan fingerprint density at radius 2 is 1.93 bits per heavy atom. The average Bonchev–Trinajstić information content (AvgIpc) is 2.99. The summed E-state index contributed by atoms with van der Waals surface area (Å²) >= 11 is 0. The highest BCUT2D eigenvalue weighted by Gasteiger charge is 2.05. The van der Waals surface area contributed by atoms with Gasteiger partial charge in [0.2, 0.25) is 5.91 Å². The predicted octanol–water partition coefficient (Wildman–Crippen LogP) is 4.08. The summed E-state index contributed by atoms with van der Waals surface area (Å²) < 4.78 is 2.26. The molecule has 3 rings (SSSR count). The van der Waals surface area contributed by atoms with E-state index in [-0.39, 0.29) is 11.6 Å². The minimum Gasteiger partial charge on any atom is -0.352 e. The van der Waals surface area contributed by atoms with Gasteiger partial charge in [0.1, 0.15) is 0 Å². The second-order valence-electron chi connectivity index (χ2n) is 6.32. The number of carbonyl (C=O) groups is 1. The number of carbonyl (C=O) groups excluding carboxylic acids is 1. The summed E-state index contributed by atoms with van der Waals surface area (Å²) in [5.41, 5.74) is 3.19. The Bertz CT molecular complexity index is 988. The predicted molar refractivity (Wildman–Crippen MR) is 106 cm³/mol. The van der Waals surface area contributed by atoms with Crippen molar-refractivity contribution in [1.29, 1.82) is 0 Å². The van der Waals surface area contributed by atoms with E-state index in [2.05, 4.69) is 35.0 Å². The molecule has 0 spiro atoms. The number of aromatic nitrogens is 1. The summed E-state index contributed by atoms with van der Waals surface area (Å²) in [6, 6.07) is 16.5. The van der Waals surface area contributed by atoms with Crippen LogP contribution >= 0.6 is 0 Å². The SMILES string of the molecule is Cc1cc2ccccc2n1CCCNC(=O)/C=C/c1ccc([N+](=O)[O-])cc1. The molecule has 2 aromatic carbocycles. The van der Waals surface area contributed by atoms with Crippen molar-refractivity contribution in [3.05, 3.63) is 82.0 Å². The number of aryl methyl sites for hydroxylation is 2. The molecule has 0 aliphatic rings. The van der Waals surface area contributed by atoms with Gasteiger partial charge in [0.15, 0.2) is 0 Å². The molecule has 138 valence electrons. The van der Waals surface area contributed by atoms with Gasteiger partial charge in [-0.3, -0.25) is 14.9 Å². The summed E-state index contributed by atoms with van der Waals surface area (Å²) in [5, 5.41) is 14.7. The lowest BCUT2D eigenvalue weighted by atomic mass is 10.2. The Morgan fingerprint density at radius 3 is 2.67 bits per heavy atom. The third-order valence-corrected chi connectivity index (χ3v) is 4.41. The lowest BCUT2D eigenvalue weighted by Gasteiger charge is -2.08. The lowest BCUT2D eigenvalue weighted by Crippen LogP contribution is -2.23. The normalized spacial score (nSPS) is 11.1. The van der Waals surface area contributed by atoms with Crippen molar-refractivity contribution in [2.75, 3.05) is 6.54 Å². The van der Waals surface area contributed by atoms with E-state index in [4.69, 9.17) is 0 Å². The summed E-state index contributed by atoms with van der Waals surface area (Å²) in [4.78, 5) is 22.1. The molecule has 0 fully saturated rings. The number of nitro groups is 1. The van der Waals surface area contributed by atoms with Gasteiger partial charge in [0.25, 0.3) is 5.69 Å². The molecule has 0 unspecified atom stereocenters. The maximum absolute atomic E-state index is 11.9. The Hall–Kier alpha value is -3.41. The van der Waals surface area contributed by atoms with Crippen LogP contribution in [-0.2, 0) is 11.3 Å². The highest BCUT2D eigenvalue weighted by Crippen LogP contribution is 2.19. The molecule has 1 heterocycles. The first-order valence-corrected chi connectivity index (χ1v) is 8.80. The lowest BCUT2D eigenvalue weighted by molar-refractivity contribution is -0.384. The molecule has 0 aliphatic carbocycles. The summed E-state index contributed by atoms with van der Waals surface area (Å²) in [6.45, 7) is 3.51. The molecule has 0 bridgehead atoms. The first kappa shape index (κ1) is 18.4. The van der Waals surface area contributed by atoms with E-state index in [1.807, 2.05) is 12.1 Å². The maximum atomic E-state index is 11.9. The van der Waals surface area contributed by atoms with Gasteiger partial charge >= 0.3 is 0 Å². The van der Waals surface area contributed by atoms with E-state index in [0.29, 0.717) is 6.54 Å². The third kappa shape index (κ3) is 4.61. The van der Waals surface area contributed by atoms with Crippen molar-refractivity contribution in [3.8, 4) is 0 Å². The highest BCUT2D eigenvalue weighted by atomic mass is 16.6. The third-order valence-electron chi connectivity index (χ3n) is 4.41. The van der Waals surface area contributed by atoms with Gasteiger partial charge in [-0.05, 0) is 54.6 Å². The quantitative estimate of drug-likeness (QED) is 0.297. The van der Waals surface area contributed by atoms with Gasteiger partial charge in [0.05, 0.1) is 4.92 Å². The molecule has 0 aliphatic heterocycles. The average molecular weight is 363 g/mol. The van der Waals surface area contributed by atoms with Crippen LogP contribution in [0.4, 0.5) is 5.69 Å². The Balaban J connectivity index is 1.48. The highest BCUT2D eigenvalue weighted by molar-refractivity contribution is 5.91. The van der Waals surface area contributed by atoms with Crippen molar-refractivity contribution in [3.63, 3.8) is 0 Å². The summed E-state index contributed by atoms with van der Waals surface area (Å²) in [5.74, 6) is -0.178. The molecule has 0 atom stereocenters. The van der Waals surface area contributed by atoms with Gasteiger partial charge in [-0.1, -0.05) is 18.2 Å². The van der Waals surface area contributed by atoms with Gasteiger partial charge in [-0.15, -0.1) is 0 Å². The Kier molecular flexibility index (Phi) is 5.66. The number of benzene rings is 2. The number of amides is 1. The molecule has 0 saturated heterocycles. The van der Waals surface area contributed by atoms with Crippen LogP contribution in [0.25, 0.3) is 17.0 Å². The Labute approximate surface area is 157 Å². The number of rotatable bonds is 7. The van der Waals surface area contributed by atoms with Gasteiger partial charge < -0.3 is 9.88 Å². The van der Waals surface area contributed by atoms with Crippen LogP contribution < -0.4 is 5.32 Å². The van der Waals surface area contributed by atoms with E-state index in [0.717, 1.165) is 18.5 Å². The summed E-state index contributed by atoms with van der Waals surface area (Å²) in [7, 11) is 0. The van der Waals surface area contributed by atoms with Crippen LogP contribution in [0.5, 0.6) is 0 Å². The van der Waals surface area contributed by atoms with Crippen LogP contribution in [0.1, 0.15) is 17.7 Å². The molecule has 6 nitrogen and oxygen atoms in total. The minimum absolute atomic E-state index is 0.0319. The largest absolute Gasteiger partial charge is 0.352 e. The van der Waals surface area contributed by atoms with Crippen molar-refractivity contribution in [1.82, 2.24) is 9.88 Å². The number of nitrogens with one attached hydrogen (secondary N) is 1. The fourth-order valence-electron chi connectivity index (χ4n) is 3.03. The minimum atomic E-state index is -0.449. The van der Waals surface area contributed by atoms with E-state index >= 15 is 0 Å². The molecule has 1 aromatic heterocycles. The fourth-order valence-corrected chi connectivity index (χ4v) is 3.03. The van der Waals surface area contributed by atoms with E-state index in [1.165, 1.54) is 34.8 Å². The van der Waals surface area contributed by atoms with Crippen LogP contribution in [0.2, 0.25) is 0 Å². The zero-order chi connectivity index (χ0) is 19.2. The topological polar surface area (TPSA) is 77.2 Å². The number of fused-ring (bicyclic) bond motifs is 1. The first-order chi connectivity index (χ1) is 13.0. The van der Waals surface area contributed by atoms with Crippen molar-refractivity contribution >= 4 is 28.6 Å². The number of para-hydroxylation sites is 1. The molecule has 6 heteroatoms. The van der Waals surface area contributed by atoms with Crippen LogP contribution in [0.3, 0.4) is 0 Å². The number of hydrogen-bond donors (Lipinski definition) is 1. The van der Waals surface area contributed by atoms with Gasteiger partial charge in [-0.2, -0.15) is 0 Å². The molecule has 27 heavy (non-hydrogen) atoms. The number of hydrogen-bond acceptors (Lipinski definition) is 3. The molecule has 0 radical (unpaired) electrons. The van der Waals surface area contributed by atoms with Crippen LogP contribution in [0, 0.1) is 17.0 Å². The molecule has 3 aromatic rings. The molecular weight excluding hydrogens is 342 g/mol. The number of non-ortho nitro benzene ring substituents is 1. The smallest absolute Gasteiger partial charge is 0.269 e. The van der Waals surface area contributed by atoms with Crippen LogP contribution in [0.15, 0.2) is 60.7 Å². The Morgan fingerprint density at radius 1 is 1.19 bits per heavy atom. The van der Waals surface area contributed by atoms with Crippen molar-refractivity contribution in [2.45, 2.75) is 19.9 Å². The number of nitrogens with zero attached hydrogens (tertiary/aromatic N) is 2. The fraction of sp³-hybridized carbons (Fsp3) is 0.190. The second kappa shape index (κ2) is 8.31. The van der Waals surface area contributed by atoms with Crippen molar-refractivity contribution in [2.24, 2.45) is 0 Å². The van der Waals surface area contributed by atoms with E-state index < -0.39 is 4.92 Å². The monoisotopic (exact) mass is 363 g/mol. The van der Waals surface area contributed by atoms with Gasteiger partial charge in [0, 0.05) is 42.5 Å². The zero-order valence-electron chi connectivity index (χ0n) is 15.1. The van der Waals surface area contributed by atoms with Crippen LogP contribution in [-0.4, -0.2) is 21.9 Å². The maximum Gasteiger partial charge on any atom is 0.269 e.